The first-order chi connectivity index (χ1) is 12.9. The molecule has 1 heterocycles. The van der Waals surface area contributed by atoms with Gasteiger partial charge in [0.2, 0.25) is 5.91 Å². The van der Waals surface area contributed by atoms with Crippen molar-refractivity contribution in [1.82, 2.24) is 4.90 Å². The van der Waals surface area contributed by atoms with Crippen molar-refractivity contribution in [2.75, 3.05) is 18.5 Å². The molecule has 0 aromatic heterocycles. The van der Waals surface area contributed by atoms with E-state index in [1.165, 1.54) is 6.42 Å². The second kappa shape index (κ2) is 8.87. The van der Waals surface area contributed by atoms with Gasteiger partial charge in [-0.15, -0.1) is 0 Å². The third-order valence-electron chi connectivity index (χ3n) is 5.32. The number of esters is 1. The minimum absolute atomic E-state index is 0.0267. The van der Waals surface area contributed by atoms with Crippen molar-refractivity contribution in [3.63, 3.8) is 0 Å². The summed E-state index contributed by atoms with van der Waals surface area (Å²) in [7, 11) is 0. The Bertz CT molecular complexity index is 731. The van der Waals surface area contributed by atoms with E-state index in [0.29, 0.717) is 12.2 Å². The maximum Gasteiger partial charge on any atom is 0.311 e. The van der Waals surface area contributed by atoms with Gasteiger partial charge in [-0.05, 0) is 43.5 Å². The van der Waals surface area contributed by atoms with Gasteiger partial charge in [-0.3, -0.25) is 14.4 Å². The number of carbonyl (C=O) groups excluding carboxylic acids is 3. The maximum atomic E-state index is 12.3. The van der Waals surface area contributed by atoms with Gasteiger partial charge in [0.25, 0.3) is 5.91 Å². The number of likely N-dealkylation sites (tertiary alicyclic amines) is 1. The minimum Gasteiger partial charge on any atom is -0.455 e. The molecule has 2 aliphatic rings. The SMILES string of the molecule is Cc1cc(Br)ccc1NC(=O)COC(=O)[C@H]1CC(=O)N(C2CCCCC2)C1. The van der Waals surface area contributed by atoms with Gasteiger partial charge >= 0.3 is 5.97 Å². The number of carbonyl (C=O) groups is 3. The van der Waals surface area contributed by atoms with E-state index < -0.39 is 11.9 Å². The molecule has 1 N–H and O–H groups in total. The molecule has 1 aromatic rings. The van der Waals surface area contributed by atoms with Gasteiger partial charge in [0.05, 0.1) is 5.92 Å². The lowest BCUT2D eigenvalue weighted by Crippen LogP contribution is -2.38. The standard InChI is InChI=1S/C20H25BrN2O4/c1-13-9-15(21)7-8-17(13)22-18(24)12-27-20(26)14-10-19(25)23(11-14)16-5-3-2-4-6-16/h7-9,14,16H,2-6,10-12H2,1H3,(H,22,24)/t14-/m0/s1. The second-order valence-corrected chi connectivity index (χ2v) is 8.27. The Morgan fingerprint density at radius 3 is 2.70 bits per heavy atom. The Labute approximate surface area is 167 Å². The van der Waals surface area contributed by atoms with Gasteiger partial charge < -0.3 is 15.0 Å². The Morgan fingerprint density at radius 1 is 1.26 bits per heavy atom. The number of anilines is 1. The van der Waals surface area contributed by atoms with Crippen molar-refractivity contribution < 1.29 is 19.1 Å². The Kier molecular flexibility index (Phi) is 6.52. The largest absolute Gasteiger partial charge is 0.455 e. The average molecular weight is 437 g/mol. The van der Waals surface area contributed by atoms with E-state index in [1.54, 1.807) is 6.07 Å². The molecule has 2 amide bonds. The molecule has 1 saturated heterocycles. The molecule has 146 valence electrons. The first kappa shape index (κ1) is 19.9. The molecule has 1 atom stereocenters. The van der Waals surface area contributed by atoms with Crippen LogP contribution < -0.4 is 5.32 Å². The average Bonchev–Trinajstić information content (AvgIpc) is 3.04. The molecular formula is C20H25BrN2O4. The van der Waals surface area contributed by atoms with E-state index in [0.717, 1.165) is 35.7 Å². The molecule has 1 aliphatic heterocycles. The van der Waals surface area contributed by atoms with E-state index in [9.17, 15) is 14.4 Å². The van der Waals surface area contributed by atoms with E-state index in [2.05, 4.69) is 21.2 Å². The van der Waals surface area contributed by atoms with Crippen LogP contribution in [0.25, 0.3) is 0 Å². The molecule has 0 bridgehead atoms. The summed E-state index contributed by atoms with van der Waals surface area (Å²) in [5, 5.41) is 2.74. The highest BCUT2D eigenvalue weighted by Gasteiger charge is 2.39. The third-order valence-corrected chi connectivity index (χ3v) is 5.81. The van der Waals surface area contributed by atoms with Crippen molar-refractivity contribution in [3.05, 3.63) is 28.2 Å². The Hall–Kier alpha value is -1.89. The van der Waals surface area contributed by atoms with Crippen molar-refractivity contribution in [1.29, 1.82) is 0 Å². The highest BCUT2D eigenvalue weighted by molar-refractivity contribution is 9.10. The topological polar surface area (TPSA) is 75.7 Å². The molecule has 27 heavy (non-hydrogen) atoms. The molecule has 0 unspecified atom stereocenters. The summed E-state index contributed by atoms with van der Waals surface area (Å²) in [6.45, 7) is 1.95. The Morgan fingerprint density at radius 2 is 2.00 bits per heavy atom. The summed E-state index contributed by atoms with van der Waals surface area (Å²) in [4.78, 5) is 38.5. The lowest BCUT2D eigenvalue weighted by molar-refractivity contribution is -0.151. The van der Waals surface area contributed by atoms with Crippen LogP contribution in [-0.4, -0.2) is 41.9 Å². The summed E-state index contributed by atoms with van der Waals surface area (Å²) in [6.07, 6.45) is 5.71. The molecule has 0 spiro atoms. The molecule has 6 nitrogen and oxygen atoms in total. The number of rotatable bonds is 5. The molecule has 7 heteroatoms. The number of nitrogens with one attached hydrogen (secondary N) is 1. The van der Waals surface area contributed by atoms with Gasteiger partial charge in [-0.2, -0.15) is 0 Å². The predicted molar refractivity (Wildman–Crippen MR) is 105 cm³/mol. The fraction of sp³-hybridized carbons (Fsp3) is 0.550. The minimum atomic E-state index is -0.471. The molecule has 1 saturated carbocycles. The summed E-state index contributed by atoms with van der Waals surface area (Å²) in [5.41, 5.74) is 1.59. The van der Waals surface area contributed by atoms with Gasteiger partial charge in [-0.25, -0.2) is 0 Å². The highest BCUT2D eigenvalue weighted by atomic mass is 79.9. The van der Waals surface area contributed by atoms with E-state index in [4.69, 9.17) is 4.74 Å². The zero-order valence-electron chi connectivity index (χ0n) is 15.5. The van der Waals surface area contributed by atoms with E-state index in [1.807, 2.05) is 24.0 Å². The molecule has 2 fully saturated rings. The number of halogens is 1. The van der Waals surface area contributed by atoms with Crippen LogP contribution in [0.15, 0.2) is 22.7 Å². The fourth-order valence-corrected chi connectivity index (χ4v) is 4.32. The first-order valence-electron chi connectivity index (χ1n) is 9.46. The summed E-state index contributed by atoms with van der Waals surface area (Å²) in [6, 6.07) is 5.77. The number of nitrogens with zero attached hydrogens (tertiary/aromatic N) is 1. The lowest BCUT2D eigenvalue weighted by Gasteiger charge is -2.31. The summed E-state index contributed by atoms with van der Waals surface area (Å²) < 4.78 is 6.10. The first-order valence-corrected chi connectivity index (χ1v) is 10.3. The molecule has 3 rings (SSSR count). The predicted octanol–water partition coefficient (Wildman–Crippen LogP) is 3.42. The number of hydrogen-bond acceptors (Lipinski definition) is 4. The zero-order valence-corrected chi connectivity index (χ0v) is 17.1. The number of amides is 2. The summed E-state index contributed by atoms with van der Waals surface area (Å²) in [5.74, 6) is -1.30. The smallest absolute Gasteiger partial charge is 0.311 e. The lowest BCUT2D eigenvalue weighted by atomic mass is 9.94. The van der Waals surface area contributed by atoms with Crippen molar-refractivity contribution in [3.8, 4) is 0 Å². The van der Waals surface area contributed by atoms with Crippen LogP contribution >= 0.6 is 15.9 Å². The van der Waals surface area contributed by atoms with Gasteiger partial charge in [-0.1, -0.05) is 35.2 Å². The van der Waals surface area contributed by atoms with Crippen LogP contribution in [0.4, 0.5) is 5.69 Å². The third kappa shape index (κ3) is 5.09. The summed E-state index contributed by atoms with van der Waals surface area (Å²) >= 11 is 3.37. The quantitative estimate of drug-likeness (QED) is 0.717. The molecular weight excluding hydrogens is 412 g/mol. The number of aryl methyl sites for hydroxylation is 1. The van der Waals surface area contributed by atoms with Crippen LogP contribution in [-0.2, 0) is 19.1 Å². The molecule has 1 aromatic carbocycles. The van der Waals surface area contributed by atoms with Crippen molar-refractivity contribution in [2.45, 2.75) is 51.5 Å². The highest BCUT2D eigenvalue weighted by Crippen LogP contribution is 2.29. The molecule has 0 radical (unpaired) electrons. The van der Waals surface area contributed by atoms with E-state index in [-0.39, 0.29) is 30.9 Å². The fourth-order valence-electron chi connectivity index (χ4n) is 3.84. The maximum absolute atomic E-state index is 12.3. The van der Waals surface area contributed by atoms with Crippen LogP contribution in [0.1, 0.15) is 44.1 Å². The second-order valence-electron chi connectivity index (χ2n) is 7.35. The van der Waals surface area contributed by atoms with Crippen LogP contribution in [0.5, 0.6) is 0 Å². The van der Waals surface area contributed by atoms with Gasteiger partial charge in [0, 0.05) is 29.2 Å². The monoisotopic (exact) mass is 436 g/mol. The van der Waals surface area contributed by atoms with Crippen molar-refractivity contribution >= 4 is 39.4 Å². The zero-order chi connectivity index (χ0) is 19.4. The van der Waals surface area contributed by atoms with Crippen LogP contribution in [0.3, 0.4) is 0 Å². The number of ether oxygens (including phenoxy) is 1. The Balaban J connectivity index is 1.47. The number of hydrogen-bond donors (Lipinski definition) is 1. The van der Waals surface area contributed by atoms with Gasteiger partial charge in [0.15, 0.2) is 6.61 Å². The number of benzene rings is 1. The van der Waals surface area contributed by atoms with Gasteiger partial charge in [0.1, 0.15) is 0 Å². The van der Waals surface area contributed by atoms with Crippen molar-refractivity contribution in [2.24, 2.45) is 5.92 Å². The molecule has 1 aliphatic carbocycles. The van der Waals surface area contributed by atoms with Crippen LogP contribution in [0.2, 0.25) is 0 Å². The van der Waals surface area contributed by atoms with Crippen LogP contribution in [0, 0.1) is 12.8 Å². The van der Waals surface area contributed by atoms with E-state index >= 15 is 0 Å². The normalized spacial score (nSPS) is 20.6.